The van der Waals surface area contributed by atoms with Gasteiger partial charge in [0.05, 0.1) is 12.6 Å². The minimum Gasteiger partial charge on any atom is -0.444 e. The van der Waals surface area contributed by atoms with Gasteiger partial charge in [-0.25, -0.2) is 9.78 Å². The monoisotopic (exact) mass is 335 g/mol. The molecule has 0 bridgehead atoms. The van der Waals surface area contributed by atoms with Crippen LogP contribution < -0.4 is 5.32 Å². The number of anilines is 1. The molecule has 0 aliphatic carbocycles. The van der Waals surface area contributed by atoms with Crippen molar-refractivity contribution in [3.8, 4) is 0 Å². The lowest BCUT2D eigenvalue weighted by Crippen LogP contribution is -2.45. The number of nitrogens with one attached hydrogen (secondary N) is 1. The first kappa shape index (κ1) is 18.2. The third kappa shape index (κ3) is 4.67. The molecule has 132 valence electrons. The van der Waals surface area contributed by atoms with E-state index in [1.165, 1.54) is 4.90 Å². The number of likely N-dealkylation sites (tertiary alicyclic amines) is 1. The normalized spacial score (nSPS) is 20.8. The molecule has 1 aliphatic heterocycles. The molecule has 1 N–H and O–H groups in total. The highest BCUT2D eigenvalue weighted by molar-refractivity contribution is 5.96. The fourth-order valence-electron chi connectivity index (χ4n) is 2.49. The summed E-state index contributed by atoms with van der Waals surface area (Å²) in [5, 5.41) is 2.75. The summed E-state index contributed by atoms with van der Waals surface area (Å²) in [6, 6.07) is 2.95. The molecule has 0 saturated carbocycles. The molecule has 2 heterocycles. The van der Waals surface area contributed by atoms with E-state index < -0.39 is 17.7 Å². The summed E-state index contributed by atoms with van der Waals surface area (Å²) in [6.45, 7) is 7.62. The molecule has 0 aromatic carbocycles. The number of ether oxygens (including phenoxy) is 2. The number of carbonyl (C=O) groups is 2. The molecule has 0 radical (unpaired) electrons. The summed E-state index contributed by atoms with van der Waals surface area (Å²) in [6.07, 6.45) is 1.39. The lowest BCUT2D eigenvalue weighted by atomic mass is 10.2. The molecule has 1 aromatic rings. The van der Waals surface area contributed by atoms with Crippen LogP contribution in [-0.2, 0) is 14.3 Å². The van der Waals surface area contributed by atoms with Crippen LogP contribution in [0.3, 0.4) is 0 Å². The Balaban J connectivity index is 2.10. The third-order valence-corrected chi connectivity index (χ3v) is 3.69. The zero-order valence-corrected chi connectivity index (χ0v) is 14.8. The first-order chi connectivity index (χ1) is 11.2. The van der Waals surface area contributed by atoms with Crippen molar-refractivity contribution in [2.24, 2.45) is 0 Å². The van der Waals surface area contributed by atoms with E-state index in [9.17, 15) is 9.59 Å². The molecule has 2 amide bonds. The lowest BCUT2D eigenvalue weighted by Gasteiger charge is -2.27. The van der Waals surface area contributed by atoms with Crippen LogP contribution in [0.1, 0.15) is 32.8 Å². The van der Waals surface area contributed by atoms with Crippen molar-refractivity contribution in [1.29, 1.82) is 0 Å². The summed E-state index contributed by atoms with van der Waals surface area (Å²) in [4.78, 5) is 30.6. The fourth-order valence-corrected chi connectivity index (χ4v) is 2.49. The second-order valence-electron chi connectivity index (χ2n) is 6.95. The Hall–Kier alpha value is -2.15. The van der Waals surface area contributed by atoms with Crippen LogP contribution in [0.2, 0.25) is 0 Å². The molecule has 1 aliphatic rings. The van der Waals surface area contributed by atoms with Crippen LogP contribution in [0.15, 0.2) is 18.3 Å². The Morgan fingerprint density at radius 2 is 2.04 bits per heavy atom. The minimum atomic E-state index is -0.645. The predicted octanol–water partition coefficient (Wildman–Crippen LogP) is 2.35. The van der Waals surface area contributed by atoms with Gasteiger partial charge in [-0.2, -0.15) is 0 Å². The van der Waals surface area contributed by atoms with E-state index in [1.807, 2.05) is 13.0 Å². The van der Waals surface area contributed by atoms with Gasteiger partial charge < -0.3 is 14.8 Å². The number of carbonyl (C=O) groups excluding carboxylic acids is 2. The van der Waals surface area contributed by atoms with E-state index in [2.05, 4.69) is 10.3 Å². The number of rotatable bonds is 3. The van der Waals surface area contributed by atoms with Crippen LogP contribution in [0.4, 0.5) is 10.6 Å². The third-order valence-electron chi connectivity index (χ3n) is 3.69. The van der Waals surface area contributed by atoms with E-state index >= 15 is 0 Å². The largest absolute Gasteiger partial charge is 0.444 e. The van der Waals surface area contributed by atoms with Crippen molar-refractivity contribution in [1.82, 2.24) is 9.88 Å². The van der Waals surface area contributed by atoms with Gasteiger partial charge in [0.25, 0.3) is 0 Å². The van der Waals surface area contributed by atoms with Gasteiger partial charge in [0.2, 0.25) is 5.91 Å². The van der Waals surface area contributed by atoms with Crippen LogP contribution in [0.25, 0.3) is 0 Å². The molecule has 24 heavy (non-hydrogen) atoms. The highest BCUT2D eigenvalue weighted by atomic mass is 16.6. The highest BCUT2D eigenvalue weighted by Crippen LogP contribution is 2.24. The van der Waals surface area contributed by atoms with E-state index in [1.54, 1.807) is 40.1 Å². The Labute approximate surface area is 142 Å². The summed E-state index contributed by atoms with van der Waals surface area (Å²) in [7, 11) is 1.57. The zero-order valence-electron chi connectivity index (χ0n) is 14.8. The second kappa shape index (κ2) is 7.17. The standard InChI is InChI=1S/C17H25N3O4/c1-11-6-7-14(18-9-11)19-15(21)13-8-12(23-5)10-20(13)16(22)24-17(2,3)4/h6-7,9,12-13H,8,10H2,1-5H3,(H,18,19,21)/t12-,13+/m1/s1. The molecule has 1 saturated heterocycles. The summed E-state index contributed by atoms with van der Waals surface area (Å²) >= 11 is 0. The number of hydrogen-bond acceptors (Lipinski definition) is 5. The Kier molecular flexibility index (Phi) is 5.43. The zero-order chi connectivity index (χ0) is 17.9. The number of aromatic nitrogens is 1. The molecular weight excluding hydrogens is 310 g/mol. The van der Waals surface area contributed by atoms with Crippen molar-refractivity contribution in [2.45, 2.75) is 51.9 Å². The minimum absolute atomic E-state index is 0.195. The molecule has 7 heteroatoms. The second-order valence-corrected chi connectivity index (χ2v) is 6.95. The number of hydrogen-bond donors (Lipinski definition) is 1. The molecule has 7 nitrogen and oxygen atoms in total. The van der Waals surface area contributed by atoms with Crippen molar-refractivity contribution in [2.75, 3.05) is 19.0 Å². The molecule has 1 aromatic heterocycles. The van der Waals surface area contributed by atoms with Crippen LogP contribution >= 0.6 is 0 Å². The maximum Gasteiger partial charge on any atom is 0.411 e. The van der Waals surface area contributed by atoms with Gasteiger partial charge in [0.1, 0.15) is 17.5 Å². The number of aryl methyl sites for hydroxylation is 1. The lowest BCUT2D eigenvalue weighted by molar-refractivity contribution is -0.120. The van der Waals surface area contributed by atoms with E-state index in [0.717, 1.165) is 5.56 Å². The molecule has 0 spiro atoms. The van der Waals surface area contributed by atoms with E-state index in [0.29, 0.717) is 18.8 Å². The van der Waals surface area contributed by atoms with Gasteiger partial charge in [-0.15, -0.1) is 0 Å². The molecule has 0 unspecified atom stereocenters. The topological polar surface area (TPSA) is 80.8 Å². The van der Waals surface area contributed by atoms with Crippen molar-refractivity contribution in [3.05, 3.63) is 23.9 Å². The Bertz CT molecular complexity index is 595. The maximum atomic E-state index is 12.6. The summed E-state index contributed by atoms with van der Waals surface area (Å²) in [5.74, 6) is 0.160. The SMILES string of the molecule is CO[C@@H]1C[C@@H](C(=O)Nc2ccc(C)cn2)N(C(=O)OC(C)(C)C)C1. The first-order valence-corrected chi connectivity index (χ1v) is 7.95. The average Bonchev–Trinajstić information content (AvgIpc) is 2.92. The highest BCUT2D eigenvalue weighted by Gasteiger charge is 2.41. The Morgan fingerprint density at radius 3 is 2.58 bits per heavy atom. The molecule has 1 fully saturated rings. The average molecular weight is 335 g/mol. The van der Waals surface area contributed by atoms with Crippen molar-refractivity contribution >= 4 is 17.8 Å². The predicted molar refractivity (Wildman–Crippen MR) is 89.7 cm³/mol. The quantitative estimate of drug-likeness (QED) is 0.917. The van der Waals surface area contributed by atoms with Crippen LogP contribution in [0, 0.1) is 6.92 Å². The molecule has 2 atom stereocenters. The summed E-state index contributed by atoms with van der Waals surface area (Å²) in [5.41, 5.74) is 0.380. The van der Waals surface area contributed by atoms with Gasteiger partial charge in [0, 0.05) is 19.7 Å². The first-order valence-electron chi connectivity index (χ1n) is 7.95. The molecule has 2 rings (SSSR count). The Morgan fingerprint density at radius 1 is 1.33 bits per heavy atom. The van der Waals surface area contributed by atoms with Crippen LogP contribution in [0.5, 0.6) is 0 Å². The fraction of sp³-hybridized carbons (Fsp3) is 0.588. The number of methoxy groups -OCH3 is 1. The van der Waals surface area contributed by atoms with Gasteiger partial charge in [-0.05, 0) is 39.3 Å². The van der Waals surface area contributed by atoms with Gasteiger partial charge >= 0.3 is 6.09 Å². The number of nitrogens with zero attached hydrogens (tertiary/aromatic N) is 2. The number of amides is 2. The van der Waals surface area contributed by atoms with Gasteiger partial charge in [-0.1, -0.05) is 6.07 Å². The van der Waals surface area contributed by atoms with E-state index in [-0.39, 0.29) is 12.0 Å². The smallest absolute Gasteiger partial charge is 0.411 e. The van der Waals surface area contributed by atoms with Crippen molar-refractivity contribution < 1.29 is 19.1 Å². The van der Waals surface area contributed by atoms with E-state index in [4.69, 9.17) is 9.47 Å². The summed E-state index contributed by atoms with van der Waals surface area (Å²) < 4.78 is 10.7. The molecular formula is C17H25N3O4. The van der Waals surface area contributed by atoms with Crippen LogP contribution in [-0.4, -0.2) is 53.3 Å². The number of pyridine rings is 1. The maximum absolute atomic E-state index is 12.6. The van der Waals surface area contributed by atoms with Gasteiger partial charge in [0.15, 0.2) is 0 Å². The van der Waals surface area contributed by atoms with Crippen molar-refractivity contribution in [3.63, 3.8) is 0 Å². The van der Waals surface area contributed by atoms with Gasteiger partial charge in [-0.3, -0.25) is 9.69 Å².